The van der Waals surface area contributed by atoms with Crippen molar-refractivity contribution in [3.63, 3.8) is 0 Å². The molecule has 0 N–H and O–H groups in total. The third-order valence-electron chi connectivity index (χ3n) is 5.20. The lowest BCUT2D eigenvalue weighted by molar-refractivity contribution is -0.174. The van der Waals surface area contributed by atoms with Crippen LogP contribution in [0.15, 0.2) is 54.6 Å². The van der Waals surface area contributed by atoms with E-state index >= 15 is 0 Å². The Bertz CT molecular complexity index is 992. The number of alkyl halides is 1. The van der Waals surface area contributed by atoms with Crippen LogP contribution in [0.2, 0.25) is 0 Å². The van der Waals surface area contributed by atoms with Gasteiger partial charge in [0.15, 0.2) is 6.10 Å². The summed E-state index contributed by atoms with van der Waals surface area (Å²) < 4.78 is 46.4. The maximum absolute atomic E-state index is 13.2. The number of carbonyl (C=O) groups is 1. The first-order valence-electron chi connectivity index (χ1n) is 11.0. The number of ether oxygens (including phenoxy) is 3. The smallest absolute Gasteiger partial charge is 0.336 e. The fourth-order valence-electron chi connectivity index (χ4n) is 3.15. The van der Waals surface area contributed by atoms with Gasteiger partial charge in [-0.25, -0.2) is 4.79 Å². The van der Waals surface area contributed by atoms with E-state index in [1.807, 2.05) is 42.5 Å². The standard InChI is InChI=1S/C25H33ClO7S/c1-19(21-9-6-5-7-10-21)33-24(27)23(31-17-20-11-13-22(30-4)14-12-20)25(2,3)18-32-34(28,29)16-8-15-26/h5-7,9-14,19,23H,8,15-18H2,1-4H3/t19-,23-/m0/s1. The second kappa shape index (κ2) is 13.1. The molecule has 0 aliphatic heterocycles. The molecule has 0 aromatic heterocycles. The van der Waals surface area contributed by atoms with Crippen LogP contribution in [-0.4, -0.2) is 45.8 Å². The minimum Gasteiger partial charge on any atom is -0.497 e. The van der Waals surface area contributed by atoms with Gasteiger partial charge in [0.25, 0.3) is 10.1 Å². The van der Waals surface area contributed by atoms with Gasteiger partial charge in [0, 0.05) is 11.3 Å². The van der Waals surface area contributed by atoms with Crippen molar-refractivity contribution < 1.29 is 31.6 Å². The van der Waals surface area contributed by atoms with Crippen molar-refractivity contribution in [2.45, 2.75) is 46.0 Å². The van der Waals surface area contributed by atoms with E-state index in [9.17, 15) is 13.2 Å². The Balaban J connectivity index is 2.17. The molecule has 2 rings (SSSR count). The molecule has 2 aromatic carbocycles. The number of hydrogen-bond acceptors (Lipinski definition) is 7. The summed E-state index contributed by atoms with van der Waals surface area (Å²) in [6, 6.07) is 16.6. The summed E-state index contributed by atoms with van der Waals surface area (Å²) in [5.41, 5.74) is 0.650. The van der Waals surface area contributed by atoms with Crippen molar-refractivity contribution in [2.24, 2.45) is 5.41 Å². The van der Waals surface area contributed by atoms with E-state index in [1.54, 1.807) is 40.0 Å². The number of benzene rings is 2. The predicted molar refractivity (Wildman–Crippen MR) is 131 cm³/mol. The van der Waals surface area contributed by atoms with E-state index in [1.165, 1.54) is 0 Å². The molecule has 9 heteroatoms. The molecule has 0 radical (unpaired) electrons. The Kier molecular flexibility index (Phi) is 10.8. The molecule has 2 aromatic rings. The molecule has 0 spiro atoms. The zero-order valence-electron chi connectivity index (χ0n) is 20.0. The summed E-state index contributed by atoms with van der Waals surface area (Å²) in [6.45, 7) is 5.05. The molecule has 34 heavy (non-hydrogen) atoms. The van der Waals surface area contributed by atoms with Crippen LogP contribution in [0.4, 0.5) is 0 Å². The quantitative estimate of drug-likeness (QED) is 0.202. The molecule has 0 aliphatic rings. The van der Waals surface area contributed by atoms with Gasteiger partial charge in [0.05, 0.1) is 26.1 Å². The Morgan fingerprint density at radius 2 is 1.71 bits per heavy atom. The highest BCUT2D eigenvalue weighted by atomic mass is 35.5. The second-order valence-corrected chi connectivity index (χ2v) is 10.7. The molecule has 0 saturated heterocycles. The largest absolute Gasteiger partial charge is 0.497 e. The molecule has 0 saturated carbocycles. The van der Waals surface area contributed by atoms with E-state index in [0.717, 1.165) is 11.1 Å². The number of carbonyl (C=O) groups excluding carboxylic acids is 1. The molecule has 7 nitrogen and oxygen atoms in total. The second-order valence-electron chi connectivity index (χ2n) is 8.58. The lowest BCUT2D eigenvalue weighted by atomic mass is 9.87. The van der Waals surface area contributed by atoms with E-state index in [0.29, 0.717) is 5.75 Å². The summed E-state index contributed by atoms with van der Waals surface area (Å²) in [5.74, 6) is 0.117. The Labute approximate surface area is 207 Å². The monoisotopic (exact) mass is 512 g/mol. The zero-order chi connectivity index (χ0) is 25.2. The first kappa shape index (κ1) is 28.1. The first-order chi connectivity index (χ1) is 16.1. The number of methoxy groups -OCH3 is 1. The van der Waals surface area contributed by atoms with Crippen molar-refractivity contribution in [1.82, 2.24) is 0 Å². The highest BCUT2D eigenvalue weighted by molar-refractivity contribution is 7.86. The summed E-state index contributed by atoms with van der Waals surface area (Å²) in [5, 5.41) is 0. The SMILES string of the molecule is COc1ccc(CO[C@@H](C(=O)O[C@@H](C)c2ccccc2)C(C)(C)COS(=O)(=O)CCCCl)cc1. The first-order valence-corrected chi connectivity index (χ1v) is 13.1. The van der Waals surface area contributed by atoms with Gasteiger partial charge in [-0.2, -0.15) is 8.42 Å². The van der Waals surface area contributed by atoms with Crippen LogP contribution in [0, 0.1) is 5.41 Å². The summed E-state index contributed by atoms with van der Waals surface area (Å²) in [4.78, 5) is 13.2. The van der Waals surface area contributed by atoms with Crippen LogP contribution in [-0.2, 0) is 35.2 Å². The van der Waals surface area contributed by atoms with E-state index < -0.39 is 33.7 Å². The molecule has 0 amide bonds. The fourth-order valence-corrected chi connectivity index (χ4v) is 4.54. The molecule has 0 unspecified atom stereocenters. The van der Waals surface area contributed by atoms with Crippen molar-refractivity contribution in [2.75, 3.05) is 25.3 Å². The van der Waals surface area contributed by atoms with Crippen molar-refractivity contribution in [3.8, 4) is 5.75 Å². The van der Waals surface area contributed by atoms with Crippen molar-refractivity contribution in [1.29, 1.82) is 0 Å². The van der Waals surface area contributed by atoms with E-state index in [2.05, 4.69) is 0 Å². The van der Waals surface area contributed by atoms with Crippen LogP contribution in [0.5, 0.6) is 5.75 Å². The van der Waals surface area contributed by atoms with Gasteiger partial charge in [0.1, 0.15) is 11.9 Å². The average molecular weight is 513 g/mol. The molecular formula is C25H33ClO7S. The minimum atomic E-state index is -3.78. The topological polar surface area (TPSA) is 88.1 Å². The molecular weight excluding hydrogens is 480 g/mol. The van der Waals surface area contributed by atoms with Crippen LogP contribution < -0.4 is 4.74 Å². The Morgan fingerprint density at radius 3 is 2.29 bits per heavy atom. The highest BCUT2D eigenvalue weighted by Gasteiger charge is 2.40. The summed E-state index contributed by atoms with van der Waals surface area (Å²) in [7, 11) is -2.20. The van der Waals surface area contributed by atoms with Gasteiger partial charge in [-0.3, -0.25) is 4.18 Å². The highest BCUT2D eigenvalue weighted by Crippen LogP contribution is 2.29. The predicted octanol–water partition coefficient (Wildman–Crippen LogP) is 4.89. The molecule has 0 fully saturated rings. The lowest BCUT2D eigenvalue weighted by Crippen LogP contribution is -2.43. The van der Waals surface area contributed by atoms with Crippen molar-refractivity contribution in [3.05, 3.63) is 65.7 Å². The van der Waals surface area contributed by atoms with Gasteiger partial charge in [-0.05, 0) is 36.6 Å². The number of halogens is 1. The molecule has 188 valence electrons. The third-order valence-corrected chi connectivity index (χ3v) is 6.73. The molecule has 2 atom stereocenters. The van der Waals surface area contributed by atoms with Gasteiger partial charge < -0.3 is 14.2 Å². The normalized spacial score (nSPS) is 13.8. The Morgan fingerprint density at radius 1 is 1.06 bits per heavy atom. The summed E-state index contributed by atoms with van der Waals surface area (Å²) >= 11 is 5.60. The Hall–Kier alpha value is -2.13. The minimum absolute atomic E-state index is 0.117. The van der Waals surface area contributed by atoms with E-state index in [-0.39, 0.29) is 31.3 Å². The lowest BCUT2D eigenvalue weighted by Gasteiger charge is -2.33. The third kappa shape index (κ3) is 8.91. The fraction of sp³-hybridized carbons (Fsp3) is 0.480. The number of rotatable bonds is 14. The van der Waals surface area contributed by atoms with Gasteiger partial charge in [0.2, 0.25) is 0 Å². The van der Waals surface area contributed by atoms with Gasteiger partial charge in [-0.1, -0.05) is 56.3 Å². The molecule has 0 heterocycles. The van der Waals surface area contributed by atoms with Crippen molar-refractivity contribution >= 4 is 27.7 Å². The zero-order valence-corrected chi connectivity index (χ0v) is 21.6. The number of esters is 1. The van der Waals surface area contributed by atoms with Crippen LogP contribution in [0.1, 0.15) is 44.4 Å². The molecule has 0 aliphatic carbocycles. The van der Waals surface area contributed by atoms with Crippen LogP contribution >= 0.6 is 11.6 Å². The van der Waals surface area contributed by atoms with Gasteiger partial charge in [-0.15, -0.1) is 11.6 Å². The average Bonchev–Trinajstić information content (AvgIpc) is 2.82. The number of hydrogen-bond donors (Lipinski definition) is 0. The molecule has 0 bridgehead atoms. The summed E-state index contributed by atoms with van der Waals surface area (Å²) in [6.07, 6.45) is -1.31. The van der Waals surface area contributed by atoms with Gasteiger partial charge >= 0.3 is 5.97 Å². The van der Waals surface area contributed by atoms with E-state index in [4.69, 9.17) is 30.0 Å². The maximum atomic E-state index is 13.2. The van der Waals surface area contributed by atoms with Crippen LogP contribution in [0.3, 0.4) is 0 Å². The van der Waals surface area contributed by atoms with Crippen LogP contribution in [0.25, 0.3) is 0 Å². The maximum Gasteiger partial charge on any atom is 0.336 e.